The molecule has 0 aliphatic carbocycles. The van der Waals surface area contributed by atoms with Gasteiger partial charge in [-0.3, -0.25) is 0 Å². The Hall–Kier alpha value is -1.68. The van der Waals surface area contributed by atoms with Crippen LogP contribution in [0.2, 0.25) is 0 Å². The number of hydrogen-bond acceptors (Lipinski definition) is 5. The van der Waals surface area contributed by atoms with Crippen molar-refractivity contribution in [3.63, 3.8) is 0 Å². The number of phenolic OH excluding ortho intramolecular Hbond substituents is 2. The topological polar surface area (TPSA) is 76.0 Å². The molecular formula is C20H11Br3O5S. The summed E-state index contributed by atoms with van der Waals surface area (Å²) in [5.41, 5.74) is 1.01. The van der Waals surface area contributed by atoms with Crippen molar-refractivity contribution in [3.8, 4) is 23.0 Å². The lowest BCUT2D eigenvalue weighted by Crippen LogP contribution is -2.33. The monoisotopic (exact) mass is 600 g/mol. The lowest BCUT2D eigenvalue weighted by molar-refractivity contribution is 0.0215. The summed E-state index contributed by atoms with van der Waals surface area (Å²) < 4.78 is 12.1. The van der Waals surface area contributed by atoms with Crippen molar-refractivity contribution in [2.24, 2.45) is 0 Å². The number of phenols is 2. The summed E-state index contributed by atoms with van der Waals surface area (Å²) in [5, 5.41) is 18.4. The molecule has 1 atom stereocenters. The largest absolute Gasteiger partial charge is 0.508 e. The van der Waals surface area contributed by atoms with Crippen molar-refractivity contribution >= 4 is 55.7 Å². The van der Waals surface area contributed by atoms with Gasteiger partial charge in [0.1, 0.15) is 23.0 Å². The number of fused-ring (bicyclic) bond motifs is 6. The number of hydrogen-bond donors (Lipinski definition) is 2. The van der Waals surface area contributed by atoms with Crippen molar-refractivity contribution in [2.45, 2.75) is 10.5 Å². The molecule has 1 spiro atoms. The fraction of sp³-hybridized carbons (Fsp3) is 0.0500. The predicted octanol–water partition coefficient (Wildman–Crippen LogP) is 6.76. The summed E-state index contributed by atoms with van der Waals surface area (Å²) in [6, 6.07) is 14.9. The Morgan fingerprint density at radius 3 is 2.34 bits per heavy atom. The Morgan fingerprint density at radius 2 is 1.59 bits per heavy atom. The first-order valence-corrected chi connectivity index (χ1v) is 15.5. The van der Waals surface area contributed by atoms with Crippen LogP contribution >= 0.6 is 49.8 Å². The van der Waals surface area contributed by atoms with Crippen LogP contribution in [-0.2, 0) is 10.3 Å². The smallest absolute Gasteiger partial charge is 0.340 e. The van der Waals surface area contributed by atoms with Gasteiger partial charge in [0.05, 0.1) is 11.1 Å². The van der Waals surface area contributed by atoms with Gasteiger partial charge in [-0.05, 0) is 74.0 Å². The molecule has 9 heteroatoms. The quantitative estimate of drug-likeness (QED) is 0.301. The van der Waals surface area contributed by atoms with E-state index in [0.717, 1.165) is 0 Å². The first-order chi connectivity index (χ1) is 13.7. The van der Waals surface area contributed by atoms with Crippen molar-refractivity contribution in [2.75, 3.05) is 0 Å². The van der Waals surface area contributed by atoms with Crippen molar-refractivity contribution < 1.29 is 24.5 Å². The Balaban J connectivity index is 1.96. The zero-order valence-electron chi connectivity index (χ0n) is 14.4. The second kappa shape index (κ2) is 6.41. The summed E-state index contributed by atoms with van der Waals surface area (Å²) in [4.78, 5) is 13.5. The van der Waals surface area contributed by atoms with E-state index in [2.05, 4.69) is 44.4 Å². The number of esters is 1. The van der Waals surface area contributed by atoms with Gasteiger partial charge in [0, 0.05) is 28.2 Å². The van der Waals surface area contributed by atoms with Gasteiger partial charge in [-0.25, -0.2) is 4.79 Å². The predicted molar refractivity (Wildman–Crippen MR) is 121 cm³/mol. The average molecular weight is 603 g/mol. The first-order valence-electron chi connectivity index (χ1n) is 8.35. The van der Waals surface area contributed by atoms with E-state index in [9.17, 15) is 15.0 Å². The van der Waals surface area contributed by atoms with E-state index in [-0.39, 0.29) is 11.5 Å². The van der Waals surface area contributed by atoms with Crippen molar-refractivity contribution in [3.05, 3.63) is 76.9 Å². The molecule has 1 unspecified atom stereocenters. The average Bonchev–Trinajstić information content (AvgIpc) is 2.93. The highest BCUT2D eigenvalue weighted by Crippen LogP contribution is 2.78. The maximum absolute atomic E-state index is 12.9. The number of aromatic hydroxyl groups is 2. The van der Waals surface area contributed by atoms with E-state index in [1.54, 1.807) is 24.3 Å². The minimum absolute atomic E-state index is 0.00895. The van der Waals surface area contributed by atoms with Gasteiger partial charge in [0.25, 0.3) is 0 Å². The number of halogens is 3. The molecule has 5 nitrogen and oxygen atoms in total. The molecule has 0 amide bonds. The second-order valence-electron chi connectivity index (χ2n) is 6.62. The Bertz CT molecular complexity index is 1210. The van der Waals surface area contributed by atoms with E-state index in [1.165, 1.54) is 18.2 Å². The second-order valence-corrected chi connectivity index (χ2v) is 24.4. The van der Waals surface area contributed by atoms with E-state index < -0.39 is 16.9 Å². The summed E-state index contributed by atoms with van der Waals surface area (Å²) in [5.74, 6) is 0.230. The van der Waals surface area contributed by atoms with E-state index in [1.807, 2.05) is 12.1 Å². The Kier molecular flexibility index (Phi) is 4.26. The van der Waals surface area contributed by atoms with Crippen LogP contribution in [0.5, 0.6) is 23.0 Å². The fourth-order valence-corrected chi connectivity index (χ4v) is 6.96. The van der Waals surface area contributed by atoms with Gasteiger partial charge in [0.15, 0.2) is 5.60 Å². The minimum Gasteiger partial charge on any atom is -0.508 e. The van der Waals surface area contributed by atoms with Gasteiger partial charge in [0.2, 0.25) is 0 Å². The van der Waals surface area contributed by atoms with Crippen molar-refractivity contribution in [1.29, 1.82) is 0 Å². The maximum atomic E-state index is 12.9. The zero-order chi connectivity index (χ0) is 20.6. The van der Waals surface area contributed by atoms with E-state index >= 15 is 0 Å². The number of rotatable bonds is 1. The zero-order valence-corrected chi connectivity index (χ0v) is 19.9. The third kappa shape index (κ3) is 2.74. The Labute approximate surface area is 189 Å². The van der Waals surface area contributed by atoms with Gasteiger partial charge >= 0.3 is 5.97 Å². The van der Waals surface area contributed by atoms with Gasteiger partial charge in [-0.2, -0.15) is 0 Å². The van der Waals surface area contributed by atoms with E-state index in [4.69, 9.17) is 9.47 Å². The lowest BCUT2D eigenvalue weighted by atomic mass is 9.77. The molecule has 2 aliphatic rings. The number of carbonyl (C=O) groups excluding carboxylic acids is 1. The molecule has 0 saturated heterocycles. The third-order valence-electron chi connectivity index (χ3n) is 4.99. The highest BCUT2D eigenvalue weighted by atomic mass is 80.0. The van der Waals surface area contributed by atoms with Crippen LogP contribution in [0.25, 0.3) is 0 Å². The maximum Gasteiger partial charge on any atom is 0.340 e. The number of carbonyl (C=O) groups is 1. The molecule has 0 saturated carbocycles. The van der Waals surface area contributed by atoms with Gasteiger partial charge < -0.3 is 19.7 Å². The molecule has 3 aromatic carbocycles. The van der Waals surface area contributed by atoms with Crippen molar-refractivity contribution in [1.82, 2.24) is 0 Å². The summed E-state index contributed by atoms with van der Waals surface area (Å²) in [6.07, 6.45) is 0. The SMILES string of the molecule is O=C1OC2(c3ccc(O)cc3Oc3cc(O)cc(S(Br)(Br)Br)c32)c2ccccc21. The molecule has 0 bridgehead atoms. The van der Waals surface area contributed by atoms with Crippen LogP contribution in [0, 0.1) is 0 Å². The van der Waals surface area contributed by atoms with Crippen LogP contribution in [0.15, 0.2) is 59.5 Å². The standard InChI is InChI=1S/C20H11Br3O5S/c21-29(22,23)17-9-11(25)8-16-18(17)20(14-6-5-10(24)7-15(14)27-16)13-4-2-1-3-12(13)19(26)28-20/h1-9,24-25H. The molecule has 2 heterocycles. The minimum atomic E-state index is -1.90. The molecular weight excluding hydrogens is 592 g/mol. The van der Waals surface area contributed by atoms with Gasteiger partial charge in [-0.1, -0.05) is 18.2 Å². The third-order valence-corrected chi connectivity index (χ3v) is 8.95. The molecule has 2 aliphatic heterocycles. The first kappa shape index (κ1) is 19.3. The molecule has 5 rings (SSSR count). The normalized spacial score (nSPS) is 19.8. The molecule has 29 heavy (non-hydrogen) atoms. The lowest BCUT2D eigenvalue weighted by Gasteiger charge is -2.39. The van der Waals surface area contributed by atoms with E-state index in [0.29, 0.717) is 38.6 Å². The molecule has 148 valence electrons. The van der Waals surface area contributed by atoms with Crippen LogP contribution in [0.4, 0.5) is 0 Å². The fourth-order valence-electron chi connectivity index (χ4n) is 3.93. The van der Waals surface area contributed by atoms with Crippen LogP contribution in [0.1, 0.15) is 27.0 Å². The summed E-state index contributed by atoms with van der Waals surface area (Å²) in [6.45, 7) is 0. The van der Waals surface area contributed by atoms with Crippen LogP contribution < -0.4 is 4.74 Å². The molecule has 0 radical (unpaired) electrons. The van der Waals surface area contributed by atoms with Crippen LogP contribution in [0.3, 0.4) is 0 Å². The van der Waals surface area contributed by atoms with Crippen LogP contribution in [-0.4, -0.2) is 16.2 Å². The molecule has 0 aromatic heterocycles. The molecule has 3 aromatic rings. The Morgan fingerprint density at radius 1 is 0.862 bits per heavy atom. The number of ether oxygens (including phenoxy) is 2. The number of benzene rings is 3. The molecule has 2 N–H and O–H groups in total. The van der Waals surface area contributed by atoms with Gasteiger partial charge in [-0.15, -0.1) is 0 Å². The molecule has 0 fully saturated rings. The summed E-state index contributed by atoms with van der Waals surface area (Å²) in [7, 11) is 0. The highest BCUT2D eigenvalue weighted by Gasteiger charge is 2.55. The highest BCUT2D eigenvalue weighted by molar-refractivity contribution is 10.2. The summed E-state index contributed by atoms with van der Waals surface area (Å²) >= 11 is 10.8.